The molecule has 0 aliphatic carbocycles. The summed E-state index contributed by atoms with van der Waals surface area (Å²) < 4.78 is 10.6. The summed E-state index contributed by atoms with van der Waals surface area (Å²) in [5.74, 6) is -0.287. The third-order valence-electron chi connectivity index (χ3n) is 2.98. The Balaban J connectivity index is 3.34. The van der Waals surface area contributed by atoms with Gasteiger partial charge in [-0.3, -0.25) is 0 Å². The molecule has 1 rings (SSSR count). The predicted molar refractivity (Wildman–Crippen MR) is 70.9 cm³/mol. The van der Waals surface area contributed by atoms with Gasteiger partial charge in [-0.25, -0.2) is 0 Å². The highest BCUT2D eigenvalue weighted by Gasteiger charge is 2.26. The minimum absolute atomic E-state index is 0.0907. The minimum Gasteiger partial charge on any atom is -0.355 e. The molecule has 0 saturated heterocycles. The van der Waals surface area contributed by atoms with Crippen molar-refractivity contribution in [2.75, 3.05) is 14.2 Å². The van der Waals surface area contributed by atoms with Crippen molar-refractivity contribution in [3.05, 3.63) is 47.0 Å². The molecular formula is C15H16N2O2. The molecule has 0 fully saturated rings. The molecule has 0 aliphatic heterocycles. The van der Waals surface area contributed by atoms with Crippen LogP contribution in [-0.2, 0) is 9.47 Å². The molecule has 4 heteroatoms. The summed E-state index contributed by atoms with van der Waals surface area (Å²) in [6.07, 6.45) is -0.542. The van der Waals surface area contributed by atoms with Crippen LogP contribution in [0.2, 0.25) is 0 Å². The van der Waals surface area contributed by atoms with Crippen molar-refractivity contribution >= 4 is 0 Å². The largest absolute Gasteiger partial charge is 0.355 e. The van der Waals surface area contributed by atoms with Crippen molar-refractivity contribution in [3.8, 4) is 12.1 Å². The molecule has 98 valence electrons. The molecule has 1 unspecified atom stereocenters. The summed E-state index contributed by atoms with van der Waals surface area (Å²) in [4.78, 5) is 0. The Hall–Kier alpha value is -2.14. The molecule has 0 saturated carbocycles. The summed E-state index contributed by atoms with van der Waals surface area (Å²) in [5, 5.41) is 18.0. The van der Waals surface area contributed by atoms with Crippen LogP contribution in [0, 0.1) is 22.7 Å². The standard InChI is InChI=1S/C15H16N2O2/c1-11(13(9-16)10-17)14(15(18-2)19-3)12-7-5-4-6-8-12/h4-8,14-15H,1-3H3. The van der Waals surface area contributed by atoms with Gasteiger partial charge in [-0.05, 0) is 18.1 Å². The monoisotopic (exact) mass is 256 g/mol. The Kier molecular flexibility index (Phi) is 5.75. The number of benzene rings is 1. The first-order chi connectivity index (χ1) is 9.19. The highest BCUT2D eigenvalue weighted by Crippen LogP contribution is 2.31. The fourth-order valence-electron chi connectivity index (χ4n) is 2.00. The van der Waals surface area contributed by atoms with E-state index in [4.69, 9.17) is 20.0 Å². The molecule has 0 spiro atoms. The average Bonchev–Trinajstić information content (AvgIpc) is 2.46. The van der Waals surface area contributed by atoms with Crippen molar-refractivity contribution in [2.45, 2.75) is 19.1 Å². The van der Waals surface area contributed by atoms with Gasteiger partial charge in [0.15, 0.2) is 6.29 Å². The first-order valence-corrected chi connectivity index (χ1v) is 5.81. The zero-order valence-electron chi connectivity index (χ0n) is 11.3. The summed E-state index contributed by atoms with van der Waals surface area (Å²) >= 11 is 0. The van der Waals surface area contributed by atoms with Crippen molar-refractivity contribution in [3.63, 3.8) is 0 Å². The highest BCUT2D eigenvalue weighted by atomic mass is 16.7. The molecular weight excluding hydrogens is 240 g/mol. The number of rotatable bonds is 5. The molecule has 4 nitrogen and oxygen atoms in total. The number of allylic oxidation sites excluding steroid dienone is 1. The summed E-state index contributed by atoms with van der Waals surface area (Å²) in [7, 11) is 3.08. The average molecular weight is 256 g/mol. The second-order valence-electron chi connectivity index (χ2n) is 4.01. The lowest BCUT2D eigenvalue weighted by atomic mass is 9.88. The van der Waals surface area contributed by atoms with E-state index in [1.54, 1.807) is 6.92 Å². The molecule has 0 N–H and O–H groups in total. The fourth-order valence-corrected chi connectivity index (χ4v) is 2.00. The lowest BCUT2D eigenvalue weighted by molar-refractivity contribution is -0.111. The van der Waals surface area contributed by atoms with Gasteiger partial charge < -0.3 is 9.47 Å². The number of methoxy groups -OCH3 is 2. The van der Waals surface area contributed by atoms with E-state index >= 15 is 0 Å². The number of hydrogen-bond donors (Lipinski definition) is 0. The first kappa shape index (κ1) is 14.9. The van der Waals surface area contributed by atoms with Crippen LogP contribution in [0.1, 0.15) is 18.4 Å². The highest BCUT2D eigenvalue weighted by molar-refractivity contribution is 5.44. The van der Waals surface area contributed by atoms with Gasteiger partial charge in [0.25, 0.3) is 0 Å². The van der Waals surface area contributed by atoms with Gasteiger partial charge in [0.05, 0.1) is 5.92 Å². The van der Waals surface area contributed by atoms with E-state index in [2.05, 4.69) is 0 Å². The van der Waals surface area contributed by atoms with E-state index in [1.165, 1.54) is 14.2 Å². The smallest absolute Gasteiger partial charge is 0.167 e. The molecule has 1 atom stereocenters. The van der Waals surface area contributed by atoms with Gasteiger partial charge in [-0.2, -0.15) is 10.5 Å². The molecule has 1 aromatic rings. The fraction of sp³-hybridized carbons (Fsp3) is 0.333. The molecule has 0 aromatic heterocycles. The summed E-state index contributed by atoms with van der Waals surface area (Å²) in [6.45, 7) is 1.75. The van der Waals surface area contributed by atoms with E-state index in [1.807, 2.05) is 42.5 Å². The topological polar surface area (TPSA) is 66.0 Å². The predicted octanol–water partition coefficient (Wildman–Crippen LogP) is 2.75. The number of nitriles is 2. The van der Waals surface area contributed by atoms with Gasteiger partial charge in [-0.1, -0.05) is 30.3 Å². The zero-order valence-corrected chi connectivity index (χ0v) is 11.3. The van der Waals surface area contributed by atoms with Crippen LogP contribution < -0.4 is 0 Å². The van der Waals surface area contributed by atoms with Gasteiger partial charge in [0.2, 0.25) is 0 Å². The van der Waals surface area contributed by atoms with E-state index in [0.29, 0.717) is 5.57 Å². The van der Waals surface area contributed by atoms with E-state index in [-0.39, 0.29) is 11.5 Å². The number of ether oxygens (including phenoxy) is 2. The van der Waals surface area contributed by atoms with Crippen molar-refractivity contribution in [1.29, 1.82) is 10.5 Å². The third kappa shape index (κ3) is 3.42. The van der Waals surface area contributed by atoms with Crippen molar-refractivity contribution < 1.29 is 9.47 Å². The second kappa shape index (κ2) is 7.33. The Labute approximate surface area is 113 Å². The maximum Gasteiger partial charge on any atom is 0.167 e. The molecule has 1 aromatic carbocycles. The number of nitrogens with zero attached hydrogens (tertiary/aromatic N) is 2. The Morgan fingerprint density at radius 3 is 2.00 bits per heavy atom. The summed E-state index contributed by atoms with van der Waals surface area (Å²) in [5.41, 5.74) is 1.68. The Morgan fingerprint density at radius 2 is 1.58 bits per heavy atom. The van der Waals surface area contributed by atoms with Crippen molar-refractivity contribution in [1.82, 2.24) is 0 Å². The maximum absolute atomic E-state index is 9.01. The van der Waals surface area contributed by atoms with Crippen LogP contribution >= 0.6 is 0 Å². The quantitative estimate of drug-likeness (QED) is 0.600. The second-order valence-corrected chi connectivity index (χ2v) is 4.01. The van der Waals surface area contributed by atoms with Crippen molar-refractivity contribution in [2.24, 2.45) is 0 Å². The Bertz CT molecular complexity index is 503. The van der Waals surface area contributed by atoms with E-state index < -0.39 is 6.29 Å². The molecule has 0 bridgehead atoms. The number of hydrogen-bond acceptors (Lipinski definition) is 4. The third-order valence-corrected chi connectivity index (χ3v) is 2.98. The van der Waals surface area contributed by atoms with Crippen LogP contribution in [0.15, 0.2) is 41.5 Å². The van der Waals surface area contributed by atoms with Crippen LogP contribution in [0.3, 0.4) is 0 Å². The van der Waals surface area contributed by atoms with Crippen LogP contribution in [-0.4, -0.2) is 20.5 Å². The molecule has 0 aliphatic rings. The normalized spacial score (nSPS) is 11.5. The lowest BCUT2D eigenvalue weighted by Crippen LogP contribution is -2.24. The lowest BCUT2D eigenvalue weighted by Gasteiger charge is -2.26. The molecule has 0 amide bonds. The van der Waals surface area contributed by atoms with Crippen LogP contribution in [0.5, 0.6) is 0 Å². The van der Waals surface area contributed by atoms with Gasteiger partial charge >= 0.3 is 0 Å². The van der Waals surface area contributed by atoms with E-state index in [9.17, 15) is 0 Å². The van der Waals surface area contributed by atoms with Gasteiger partial charge in [0.1, 0.15) is 17.7 Å². The van der Waals surface area contributed by atoms with Crippen LogP contribution in [0.25, 0.3) is 0 Å². The van der Waals surface area contributed by atoms with E-state index in [0.717, 1.165) is 5.56 Å². The first-order valence-electron chi connectivity index (χ1n) is 5.81. The summed E-state index contributed by atoms with van der Waals surface area (Å²) in [6, 6.07) is 13.4. The van der Waals surface area contributed by atoms with Crippen LogP contribution in [0.4, 0.5) is 0 Å². The van der Waals surface area contributed by atoms with Gasteiger partial charge in [-0.15, -0.1) is 0 Å². The minimum atomic E-state index is -0.542. The maximum atomic E-state index is 9.01. The molecule has 0 radical (unpaired) electrons. The molecule has 19 heavy (non-hydrogen) atoms. The van der Waals surface area contributed by atoms with Gasteiger partial charge in [0, 0.05) is 14.2 Å². The Morgan fingerprint density at radius 1 is 1.05 bits per heavy atom. The molecule has 0 heterocycles. The zero-order chi connectivity index (χ0) is 14.3. The SMILES string of the molecule is COC(OC)C(C(C)=C(C#N)C#N)c1ccccc1.